The number of hydrogen-bond donors (Lipinski definition) is 2. The standard InChI is InChI=1S/C17H19N5O2/c1-24-11-2-3-12-13(8-11)21-15-14(12)19-9-20-17(15)22-6-4-10(5-7-22)16(18)23/h2-3,8-10,21H,4-7H2,1H3,(H2,18,23). The highest BCUT2D eigenvalue weighted by Crippen LogP contribution is 2.32. The Morgan fingerprint density at radius 1 is 1.33 bits per heavy atom. The van der Waals surface area contributed by atoms with Crippen molar-refractivity contribution in [2.75, 3.05) is 25.1 Å². The van der Waals surface area contributed by atoms with Gasteiger partial charge in [-0.2, -0.15) is 0 Å². The van der Waals surface area contributed by atoms with E-state index in [4.69, 9.17) is 10.5 Å². The maximum atomic E-state index is 11.3. The third-order valence-electron chi connectivity index (χ3n) is 4.77. The highest BCUT2D eigenvalue weighted by Gasteiger charge is 2.25. The van der Waals surface area contributed by atoms with Crippen LogP contribution in [0.4, 0.5) is 5.82 Å². The molecule has 0 radical (unpaired) electrons. The SMILES string of the molecule is COc1ccc2c(c1)[nH]c1c(N3CCC(C(N)=O)CC3)ncnc12. The number of fused-ring (bicyclic) bond motifs is 3. The van der Waals surface area contributed by atoms with Gasteiger partial charge in [0.25, 0.3) is 0 Å². The summed E-state index contributed by atoms with van der Waals surface area (Å²) >= 11 is 0. The highest BCUT2D eigenvalue weighted by atomic mass is 16.5. The lowest BCUT2D eigenvalue weighted by Crippen LogP contribution is -2.39. The molecular formula is C17H19N5O2. The highest BCUT2D eigenvalue weighted by molar-refractivity contribution is 6.08. The molecule has 1 amide bonds. The summed E-state index contributed by atoms with van der Waals surface area (Å²) < 4.78 is 5.29. The fourth-order valence-corrected chi connectivity index (χ4v) is 3.41. The molecule has 7 nitrogen and oxygen atoms in total. The number of hydrogen-bond acceptors (Lipinski definition) is 5. The summed E-state index contributed by atoms with van der Waals surface area (Å²) in [6.07, 6.45) is 3.11. The summed E-state index contributed by atoms with van der Waals surface area (Å²) in [5.74, 6) is 1.43. The van der Waals surface area contributed by atoms with Crippen LogP contribution in [0.2, 0.25) is 0 Å². The Labute approximate surface area is 138 Å². The zero-order valence-electron chi connectivity index (χ0n) is 13.5. The number of amides is 1. The molecule has 0 atom stereocenters. The molecule has 24 heavy (non-hydrogen) atoms. The van der Waals surface area contributed by atoms with Crippen LogP contribution in [0.5, 0.6) is 5.75 Å². The second kappa shape index (κ2) is 5.67. The molecule has 1 saturated heterocycles. The van der Waals surface area contributed by atoms with Crippen LogP contribution in [0.15, 0.2) is 24.5 Å². The minimum atomic E-state index is -0.208. The molecule has 0 saturated carbocycles. The van der Waals surface area contributed by atoms with E-state index < -0.39 is 0 Å². The first-order chi connectivity index (χ1) is 11.7. The molecule has 0 spiro atoms. The minimum absolute atomic E-state index is 0.0365. The third-order valence-corrected chi connectivity index (χ3v) is 4.77. The monoisotopic (exact) mass is 325 g/mol. The Morgan fingerprint density at radius 2 is 2.12 bits per heavy atom. The van der Waals surface area contributed by atoms with Gasteiger partial charge in [0, 0.05) is 30.5 Å². The van der Waals surface area contributed by atoms with Gasteiger partial charge in [-0.25, -0.2) is 9.97 Å². The Morgan fingerprint density at radius 3 is 2.83 bits per heavy atom. The number of nitrogens with zero attached hydrogens (tertiary/aromatic N) is 3. The molecule has 0 bridgehead atoms. The number of nitrogens with two attached hydrogens (primary N) is 1. The van der Waals surface area contributed by atoms with Gasteiger partial charge in [-0.05, 0) is 25.0 Å². The first kappa shape index (κ1) is 14.7. The fraction of sp³-hybridized carbons (Fsp3) is 0.353. The quantitative estimate of drug-likeness (QED) is 0.765. The van der Waals surface area contributed by atoms with Crippen LogP contribution in [0.1, 0.15) is 12.8 Å². The molecule has 7 heteroatoms. The van der Waals surface area contributed by atoms with Crippen molar-refractivity contribution >= 4 is 33.7 Å². The molecule has 1 fully saturated rings. The number of ether oxygens (including phenoxy) is 1. The molecule has 4 rings (SSSR count). The molecule has 3 heterocycles. The van der Waals surface area contributed by atoms with Crippen molar-refractivity contribution in [3.63, 3.8) is 0 Å². The number of carbonyl (C=O) groups excluding carboxylic acids is 1. The molecule has 1 aromatic carbocycles. The van der Waals surface area contributed by atoms with Gasteiger partial charge in [0.2, 0.25) is 5.91 Å². The van der Waals surface area contributed by atoms with Crippen LogP contribution in [0, 0.1) is 5.92 Å². The average Bonchev–Trinajstić information content (AvgIpc) is 2.99. The number of aromatic amines is 1. The van der Waals surface area contributed by atoms with E-state index in [9.17, 15) is 4.79 Å². The summed E-state index contributed by atoms with van der Waals surface area (Å²) in [5, 5.41) is 1.04. The molecule has 3 N–H and O–H groups in total. The van der Waals surface area contributed by atoms with Gasteiger partial charge in [-0.1, -0.05) is 0 Å². The summed E-state index contributed by atoms with van der Waals surface area (Å²) in [7, 11) is 1.65. The Kier molecular flexibility index (Phi) is 3.48. The predicted octanol–water partition coefficient (Wildman–Crippen LogP) is 1.82. The number of benzene rings is 1. The van der Waals surface area contributed by atoms with Crippen LogP contribution in [0.25, 0.3) is 21.9 Å². The average molecular weight is 325 g/mol. The predicted molar refractivity (Wildman–Crippen MR) is 92.1 cm³/mol. The van der Waals surface area contributed by atoms with Crippen LogP contribution < -0.4 is 15.4 Å². The van der Waals surface area contributed by atoms with Crippen LogP contribution in [-0.2, 0) is 4.79 Å². The summed E-state index contributed by atoms with van der Waals surface area (Å²) in [6, 6.07) is 5.89. The van der Waals surface area contributed by atoms with Gasteiger partial charge in [-0.3, -0.25) is 4.79 Å². The summed E-state index contributed by atoms with van der Waals surface area (Å²) in [4.78, 5) is 25.9. The topological polar surface area (TPSA) is 97.1 Å². The normalized spacial score (nSPS) is 16.0. The van der Waals surface area contributed by atoms with E-state index in [1.165, 1.54) is 0 Å². The van der Waals surface area contributed by atoms with Gasteiger partial charge in [0.1, 0.15) is 23.1 Å². The number of anilines is 1. The maximum absolute atomic E-state index is 11.3. The van der Waals surface area contributed by atoms with E-state index in [-0.39, 0.29) is 11.8 Å². The third kappa shape index (κ3) is 2.33. The van der Waals surface area contributed by atoms with Gasteiger partial charge >= 0.3 is 0 Å². The largest absolute Gasteiger partial charge is 0.497 e. The first-order valence-electron chi connectivity index (χ1n) is 8.02. The summed E-state index contributed by atoms with van der Waals surface area (Å²) in [5.41, 5.74) is 8.20. The second-order valence-electron chi connectivity index (χ2n) is 6.12. The molecule has 124 valence electrons. The number of primary amides is 1. The molecule has 0 unspecified atom stereocenters. The van der Waals surface area contributed by atoms with E-state index in [0.717, 1.165) is 59.4 Å². The molecular weight excluding hydrogens is 306 g/mol. The number of rotatable bonds is 3. The molecule has 2 aromatic heterocycles. The lowest BCUT2D eigenvalue weighted by molar-refractivity contribution is -0.122. The maximum Gasteiger partial charge on any atom is 0.220 e. The van der Waals surface area contributed by atoms with Crippen molar-refractivity contribution in [1.29, 1.82) is 0 Å². The minimum Gasteiger partial charge on any atom is -0.497 e. The van der Waals surface area contributed by atoms with E-state index in [0.29, 0.717) is 0 Å². The van der Waals surface area contributed by atoms with Gasteiger partial charge in [0.15, 0.2) is 5.82 Å². The van der Waals surface area contributed by atoms with E-state index in [1.54, 1.807) is 13.4 Å². The smallest absolute Gasteiger partial charge is 0.220 e. The number of H-pyrrole nitrogens is 1. The first-order valence-corrected chi connectivity index (χ1v) is 8.02. The number of methoxy groups -OCH3 is 1. The van der Waals surface area contributed by atoms with E-state index in [2.05, 4.69) is 19.9 Å². The number of carbonyl (C=O) groups is 1. The van der Waals surface area contributed by atoms with Gasteiger partial charge in [-0.15, -0.1) is 0 Å². The zero-order valence-corrected chi connectivity index (χ0v) is 13.5. The lowest BCUT2D eigenvalue weighted by atomic mass is 9.96. The Bertz CT molecular complexity index is 912. The molecule has 0 aliphatic carbocycles. The molecule has 3 aromatic rings. The van der Waals surface area contributed by atoms with E-state index >= 15 is 0 Å². The Balaban J connectivity index is 1.75. The second-order valence-corrected chi connectivity index (χ2v) is 6.12. The summed E-state index contributed by atoms with van der Waals surface area (Å²) in [6.45, 7) is 1.52. The van der Waals surface area contributed by atoms with Crippen LogP contribution in [0.3, 0.4) is 0 Å². The van der Waals surface area contributed by atoms with Crippen molar-refractivity contribution in [1.82, 2.24) is 15.0 Å². The van der Waals surface area contributed by atoms with Gasteiger partial charge in [0.05, 0.1) is 12.6 Å². The number of aromatic nitrogens is 3. The van der Waals surface area contributed by atoms with Crippen molar-refractivity contribution < 1.29 is 9.53 Å². The van der Waals surface area contributed by atoms with Crippen molar-refractivity contribution in [2.45, 2.75) is 12.8 Å². The van der Waals surface area contributed by atoms with Crippen molar-refractivity contribution in [2.24, 2.45) is 11.7 Å². The van der Waals surface area contributed by atoms with E-state index in [1.807, 2.05) is 18.2 Å². The van der Waals surface area contributed by atoms with Crippen molar-refractivity contribution in [3.8, 4) is 5.75 Å². The van der Waals surface area contributed by atoms with Crippen molar-refractivity contribution in [3.05, 3.63) is 24.5 Å². The number of nitrogens with one attached hydrogen (secondary N) is 1. The van der Waals surface area contributed by atoms with Crippen LogP contribution in [-0.4, -0.2) is 41.1 Å². The molecule has 1 aliphatic heterocycles. The molecule has 1 aliphatic rings. The fourth-order valence-electron chi connectivity index (χ4n) is 3.41. The van der Waals surface area contributed by atoms with Gasteiger partial charge < -0.3 is 20.4 Å². The zero-order chi connectivity index (χ0) is 16.7. The van der Waals surface area contributed by atoms with Crippen LogP contribution >= 0.6 is 0 Å². The Hall–Kier alpha value is -2.83. The lowest BCUT2D eigenvalue weighted by Gasteiger charge is -2.31. The number of piperidine rings is 1.